The molecule has 0 fully saturated rings. The lowest BCUT2D eigenvalue weighted by Gasteiger charge is -2.27. The summed E-state index contributed by atoms with van der Waals surface area (Å²) < 4.78 is 22.5. The normalized spacial score (nSPS) is 12.9. The maximum atomic E-state index is 11.6. The minimum absolute atomic E-state index is 0.103. The van der Waals surface area contributed by atoms with Crippen LogP contribution in [0.4, 0.5) is 0 Å². The molecule has 0 saturated carbocycles. The summed E-state index contributed by atoms with van der Waals surface area (Å²) in [6.07, 6.45) is 5.38. The van der Waals surface area contributed by atoms with Gasteiger partial charge in [0.15, 0.2) is 0 Å². The van der Waals surface area contributed by atoms with Crippen LogP contribution in [-0.4, -0.2) is 37.7 Å². The molecule has 2 aromatic rings. The molecule has 0 aromatic heterocycles. The second-order valence-electron chi connectivity index (χ2n) is 8.11. The number of Topliss-reactive ketones (excluding diaryl/α,β-unsaturated/α-hetero) is 1. The summed E-state index contributed by atoms with van der Waals surface area (Å²) in [5.41, 5.74) is 2.20. The predicted molar refractivity (Wildman–Crippen MR) is 131 cm³/mol. The number of carbonyl (C=O) groups is 2. The Morgan fingerprint density at radius 3 is 2.12 bits per heavy atom. The first kappa shape index (κ1) is 27.3. The number of hydrogen-bond acceptors (Lipinski definition) is 6. The molecule has 0 amide bonds. The number of carbonyl (C=O) groups excluding carboxylic acids is 2. The van der Waals surface area contributed by atoms with Gasteiger partial charge in [-0.15, -0.1) is 0 Å². The number of unbranched alkanes of at least 4 members (excludes halogenated alkanes) is 1. The van der Waals surface area contributed by atoms with Crippen LogP contribution >= 0.6 is 0 Å². The van der Waals surface area contributed by atoms with E-state index in [2.05, 4.69) is 4.74 Å². The SMILES string of the molecule is COC(=O)/C=C/O[C@@H](CCCCOCc1ccccc1)[C@@H](CCC(C)=O)OCc1ccccc1. The van der Waals surface area contributed by atoms with Crippen LogP contribution in [0.25, 0.3) is 0 Å². The Bertz CT molecular complexity index is 850. The van der Waals surface area contributed by atoms with E-state index in [0.29, 0.717) is 39.1 Å². The number of esters is 1. The number of hydrogen-bond donors (Lipinski definition) is 0. The summed E-state index contributed by atoms with van der Waals surface area (Å²) >= 11 is 0. The molecular weight excluding hydrogens is 432 g/mol. The molecule has 6 nitrogen and oxygen atoms in total. The Morgan fingerprint density at radius 1 is 0.853 bits per heavy atom. The largest absolute Gasteiger partial charge is 0.495 e. The van der Waals surface area contributed by atoms with Crippen molar-refractivity contribution in [2.75, 3.05) is 13.7 Å². The highest BCUT2D eigenvalue weighted by Gasteiger charge is 2.23. The van der Waals surface area contributed by atoms with Crippen molar-refractivity contribution in [3.05, 3.63) is 84.1 Å². The summed E-state index contributed by atoms with van der Waals surface area (Å²) in [5.74, 6) is -0.384. The van der Waals surface area contributed by atoms with Gasteiger partial charge in [0.25, 0.3) is 0 Å². The standard InChI is InChI=1S/C28H36O6/c1-23(29)16-17-27(34-22-25-13-7-4-8-14-25)26(33-20-18-28(30)31-2)15-9-10-19-32-21-24-11-5-3-6-12-24/h3-8,11-14,18,20,26-27H,9-10,15-17,19,21-22H2,1-2H3/b20-18+/t26-,27+/m0/s1. The Kier molecular flexibility index (Phi) is 13.3. The van der Waals surface area contributed by atoms with Crippen molar-refractivity contribution in [3.63, 3.8) is 0 Å². The number of benzene rings is 2. The van der Waals surface area contributed by atoms with Gasteiger partial charge in [-0.1, -0.05) is 60.7 Å². The van der Waals surface area contributed by atoms with Crippen LogP contribution in [0.2, 0.25) is 0 Å². The van der Waals surface area contributed by atoms with Crippen molar-refractivity contribution in [1.29, 1.82) is 0 Å². The van der Waals surface area contributed by atoms with Gasteiger partial charge in [0, 0.05) is 13.0 Å². The average Bonchev–Trinajstić information content (AvgIpc) is 2.86. The quantitative estimate of drug-likeness (QED) is 0.134. The molecular formula is C28H36O6. The van der Waals surface area contributed by atoms with E-state index in [0.717, 1.165) is 24.0 Å². The van der Waals surface area contributed by atoms with Crippen molar-refractivity contribution in [3.8, 4) is 0 Å². The van der Waals surface area contributed by atoms with Crippen molar-refractivity contribution in [2.45, 2.75) is 64.4 Å². The van der Waals surface area contributed by atoms with E-state index in [1.165, 1.54) is 19.4 Å². The molecule has 0 saturated heterocycles. The average molecular weight is 469 g/mol. The van der Waals surface area contributed by atoms with Crippen LogP contribution in [0, 0.1) is 0 Å². The lowest BCUT2D eigenvalue weighted by molar-refractivity contribution is -0.135. The summed E-state index contributed by atoms with van der Waals surface area (Å²) in [5, 5.41) is 0. The Hall–Kier alpha value is -2.96. The van der Waals surface area contributed by atoms with Crippen LogP contribution in [0.5, 0.6) is 0 Å². The number of ether oxygens (including phenoxy) is 4. The molecule has 0 unspecified atom stereocenters. The zero-order chi connectivity index (χ0) is 24.4. The molecule has 0 aliphatic heterocycles. The van der Waals surface area contributed by atoms with Crippen molar-refractivity contribution in [1.82, 2.24) is 0 Å². The van der Waals surface area contributed by atoms with E-state index in [1.54, 1.807) is 6.92 Å². The second-order valence-corrected chi connectivity index (χ2v) is 8.11. The van der Waals surface area contributed by atoms with E-state index >= 15 is 0 Å². The maximum absolute atomic E-state index is 11.6. The molecule has 0 aliphatic rings. The van der Waals surface area contributed by atoms with Gasteiger partial charge in [-0.25, -0.2) is 4.79 Å². The predicted octanol–water partition coefficient (Wildman–Crippen LogP) is 5.40. The molecule has 2 atom stereocenters. The van der Waals surface area contributed by atoms with Gasteiger partial charge in [0.05, 0.1) is 38.8 Å². The molecule has 184 valence electrons. The highest BCUT2D eigenvalue weighted by molar-refractivity contribution is 5.81. The monoisotopic (exact) mass is 468 g/mol. The smallest absolute Gasteiger partial charge is 0.333 e. The van der Waals surface area contributed by atoms with Gasteiger partial charge in [0.2, 0.25) is 0 Å². The lowest BCUT2D eigenvalue weighted by Crippen LogP contribution is -2.31. The van der Waals surface area contributed by atoms with Gasteiger partial charge < -0.3 is 23.7 Å². The van der Waals surface area contributed by atoms with Crippen molar-refractivity contribution in [2.24, 2.45) is 0 Å². The van der Waals surface area contributed by atoms with Gasteiger partial charge in [-0.2, -0.15) is 0 Å². The fourth-order valence-electron chi connectivity index (χ4n) is 3.42. The third-order valence-electron chi connectivity index (χ3n) is 5.30. The summed E-state index contributed by atoms with van der Waals surface area (Å²) in [4.78, 5) is 23.1. The third-order valence-corrected chi connectivity index (χ3v) is 5.30. The molecule has 6 heteroatoms. The molecule has 2 rings (SSSR count). The summed E-state index contributed by atoms with van der Waals surface area (Å²) in [6, 6.07) is 20.0. The van der Waals surface area contributed by atoms with Gasteiger partial charge in [0.1, 0.15) is 11.9 Å². The van der Waals surface area contributed by atoms with Gasteiger partial charge in [-0.3, -0.25) is 0 Å². The van der Waals surface area contributed by atoms with Crippen LogP contribution < -0.4 is 0 Å². The van der Waals surface area contributed by atoms with Crippen molar-refractivity contribution >= 4 is 11.8 Å². The molecule has 0 N–H and O–H groups in total. The summed E-state index contributed by atoms with van der Waals surface area (Å²) in [6.45, 7) is 3.22. The van der Waals surface area contributed by atoms with E-state index in [4.69, 9.17) is 14.2 Å². The lowest BCUT2D eigenvalue weighted by atomic mass is 10.0. The van der Waals surface area contributed by atoms with Gasteiger partial charge >= 0.3 is 5.97 Å². The van der Waals surface area contributed by atoms with Crippen molar-refractivity contribution < 1.29 is 28.5 Å². The van der Waals surface area contributed by atoms with Crippen LogP contribution in [0.1, 0.15) is 50.2 Å². The van der Waals surface area contributed by atoms with Gasteiger partial charge in [-0.05, 0) is 43.7 Å². The maximum Gasteiger partial charge on any atom is 0.333 e. The first-order valence-corrected chi connectivity index (χ1v) is 11.7. The number of methoxy groups -OCH3 is 1. The minimum Gasteiger partial charge on any atom is -0.495 e. The fourth-order valence-corrected chi connectivity index (χ4v) is 3.42. The molecule has 0 radical (unpaired) electrons. The molecule has 0 aliphatic carbocycles. The molecule has 0 bridgehead atoms. The number of rotatable bonds is 17. The Morgan fingerprint density at radius 2 is 1.50 bits per heavy atom. The molecule has 0 heterocycles. The van der Waals surface area contributed by atoms with Crippen LogP contribution in [0.15, 0.2) is 73.0 Å². The third kappa shape index (κ3) is 11.8. The zero-order valence-electron chi connectivity index (χ0n) is 20.2. The van der Waals surface area contributed by atoms with E-state index in [1.807, 2.05) is 60.7 Å². The second kappa shape index (κ2) is 16.6. The van der Waals surface area contributed by atoms with Crippen LogP contribution in [0.3, 0.4) is 0 Å². The van der Waals surface area contributed by atoms with E-state index in [9.17, 15) is 9.59 Å². The van der Waals surface area contributed by atoms with E-state index in [-0.39, 0.29) is 18.0 Å². The first-order chi connectivity index (χ1) is 16.6. The van der Waals surface area contributed by atoms with Crippen LogP contribution in [-0.2, 0) is 41.8 Å². The Balaban J connectivity index is 1.92. The first-order valence-electron chi connectivity index (χ1n) is 11.7. The zero-order valence-corrected chi connectivity index (χ0v) is 20.2. The Labute approximate surface area is 202 Å². The van der Waals surface area contributed by atoms with E-state index < -0.39 is 5.97 Å². The fraction of sp³-hybridized carbons (Fsp3) is 0.429. The molecule has 34 heavy (non-hydrogen) atoms. The molecule has 0 spiro atoms. The summed E-state index contributed by atoms with van der Waals surface area (Å²) in [7, 11) is 1.32. The highest BCUT2D eigenvalue weighted by atomic mass is 16.5. The topological polar surface area (TPSA) is 71.1 Å². The molecule has 2 aromatic carbocycles. The highest BCUT2D eigenvalue weighted by Crippen LogP contribution is 2.20. The minimum atomic E-state index is -0.487. The number of ketones is 1.